The van der Waals surface area contributed by atoms with Crippen molar-refractivity contribution in [2.45, 2.75) is 11.8 Å². The molecule has 0 aliphatic carbocycles. The Kier molecular flexibility index (Phi) is 4.64. The molecule has 2 heterocycles. The molecule has 1 aromatic heterocycles. The van der Waals surface area contributed by atoms with Gasteiger partial charge in [0.15, 0.2) is 0 Å². The molecule has 144 valence electrons. The molecule has 8 heteroatoms. The lowest BCUT2D eigenvalue weighted by Crippen LogP contribution is -2.32. The molecule has 0 fully saturated rings. The molecule has 0 saturated carbocycles. The quantitative estimate of drug-likeness (QED) is 0.544. The van der Waals surface area contributed by atoms with Crippen molar-refractivity contribution in [3.8, 4) is 0 Å². The van der Waals surface area contributed by atoms with Crippen LogP contribution in [0.4, 0.5) is 0 Å². The highest BCUT2D eigenvalue weighted by Crippen LogP contribution is 2.25. The summed E-state index contributed by atoms with van der Waals surface area (Å²) in [6, 6.07) is 14.3. The van der Waals surface area contributed by atoms with E-state index in [1.165, 1.54) is 3.97 Å². The molecule has 2 aromatic carbocycles. The molecular formula is C20H21N5O2S. The number of nitrogens with one attached hydrogen (secondary N) is 1. The Bertz CT molecular complexity index is 1180. The summed E-state index contributed by atoms with van der Waals surface area (Å²) >= 11 is 0. The number of para-hydroxylation sites is 1. The normalized spacial score (nSPS) is 14.4. The fraction of sp³-hybridized carbons (Fsp3) is 0.200. The number of aromatic nitrogens is 1. The number of fused-ring (bicyclic) bond motifs is 1. The van der Waals surface area contributed by atoms with Gasteiger partial charge < -0.3 is 5.32 Å². The number of guanidine groups is 1. The first-order valence-corrected chi connectivity index (χ1v) is 10.4. The fourth-order valence-corrected chi connectivity index (χ4v) is 4.48. The summed E-state index contributed by atoms with van der Waals surface area (Å²) in [6.07, 6.45) is 3.27. The minimum atomic E-state index is -3.71. The van der Waals surface area contributed by atoms with Crippen LogP contribution in [0, 0.1) is 6.92 Å². The third-order valence-corrected chi connectivity index (χ3v) is 6.31. The third kappa shape index (κ3) is 3.27. The Labute approximate surface area is 164 Å². The Morgan fingerprint density at radius 3 is 2.64 bits per heavy atom. The zero-order valence-corrected chi connectivity index (χ0v) is 16.5. The maximum Gasteiger partial charge on any atom is 0.268 e. The summed E-state index contributed by atoms with van der Waals surface area (Å²) in [5.74, 6) is 0.701. The van der Waals surface area contributed by atoms with Crippen LogP contribution in [0.3, 0.4) is 0 Å². The SMILES string of the molecule is Cc1ccc(S(=O)(=O)n2cc(/C=N/N(C)C3=NCCN3)c3ccccc32)cc1. The van der Waals surface area contributed by atoms with Gasteiger partial charge in [-0.3, -0.25) is 0 Å². The van der Waals surface area contributed by atoms with E-state index in [9.17, 15) is 8.42 Å². The van der Waals surface area contributed by atoms with Gasteiger partial charge in [0, 0.05) is 30.7 Å². The second-order valence-corrected chi connectivity index (χ2v) is 8.43. The lowest BCUT2D eigenvalue weighted by molar-refractivity contribution is 0.531. The van der Waals surface area contributed by atoms with Gasteiger partial charge in [-0.2, -0.15) is 5.10 Å². The van der Waals surface area contributed by atoms with E-state index in [1.807, 2.05) is 25.1 Å². The molecule has 0 atom stereocenters. The van der Waals surface area contributed by atoms with Gasteiger partial charge in [-0.15, -0.1) is 0 Å². The Morgan fingerprint density at radius 2 is 1.93 bits per heavy atom. The number of hydrazone groups is 1. The van der Waals surface area contributed by atoms with Crippen molar-refractivity contribution < 1.29 is 8.42 Å². The molecule has 28 heavy (non-hydrogen) atoms. The van der Waals surface area contributed by atoms with Gasteiger partial charge in [-0.1, -0.05) is 35.9 Å². The zero-order valence-electron chi connectivity index (χ0n) is 15.7. The molecule has 0 bridgehead atoms. The van der Waals surface area contributed by atoms with Gasteiger partial charge in [-0.25, -0.2) is 22.4 Å². The monoisotopic (exact) mass is 395 g/mol. The molecule has 1 aliphatic rings. The Balaban J connectivity index is 1.77. The molecule has 7 nitrogen and oxygen atoms in total. The van der Waals surface area contributed by atoms with Crippen molar-refractivity contribution in [1.29, 1.82) is 0 Å². The highest BCUT2D eigenvalue weighted by molar-refractivity contribution is 7.90. The van der Waals surface area contributed by atoms with Gasteiger partial charge in [-0.05, 0) is 25.1 Å². The molecule has 0 saturated heterocycles. The summed E-state index contributed by atoms with van der Waals surface area (Å²) in [6.45, 7) is 3.45. The van der Waals surface area contributed by atoms with Crippen LogP contribution in [0.5, 0.6) is 0 Å². The lowest BCUT2D eigenvalue weighted by atomic mass is 10.2. The van der Waals surface area contributed by atoms with Gasteiger partial charge in [0.2, 0.25) is 5.96 Å². The summed E-state index contributed by atoms with van der Waals surface area (Å²) in [4.78, 5) is 4.57. The van der Waals surface area contributed by atoms with E-state index in [2.05, 4.69) is 15.4 Å². The minimum Gasteiger partial charge on any atom is -0.353 e. The van der Waals surface area contributed by atoms with Crippen molar-refractivity contribution in [2.75, 3.05) is 20.1 Å². The van der Waals surface area contributed by atoms with Crippen LogP contribution in [0.25, 0.3) is 10.9 Å². The largest absolute Gasteiger partial charge is 0.353 e. The second kappa shape index (κ2) is 7.12. The standard InChI is InChI=1S/C20H21N5O2S/c1-15-7-9-17(10-8-15)28(26,27)25-14-16(18-5-3-4-6-19(18)25)13-23-24(2)20-21-11-12-22-20/h3-10,13-14H,11-12H2,1-2H3,(H,21,22)/b23-13+. The van der Waals surface area contributed by atoms with Crippen molar-refractivity contribution in [3.05, 3.63) is 65.9 Å². The number of aliphatic imine (C=N–C) groups is 1. The predicted molar refractivity (Wildman–Crippen MR) is 111 cm³/mol. The number of aryl methyl sites for hydroxylation is 1. The van der Waals surface area contributed by atoms with Gasteiger partial charge in [0.05, 0.1) is 23.2 Å². The van der Waals surface area contributed by atoms with Crippen LogP contribution in [0.15, 0.2) is 69.7 Å². The van der Waals surface area contributed by atoms with E-state index < -0.39 is 10.0 Å². The maximum absolute atomic E-state index is 13.2. The van der Waals surface area contributed by atoms with E-state index in [0.29, 0.717) is 11.5 Å². The third-order valence-electron chi connectivity index (χ3n) is 4.62. The maximum atomic E-state index is 13.2. The first-order chi connectivity index (χ1) is 13.5. The molecule has 1 N–H and O–H groups in total. The second-order valence-electron chi connectivity index (χ2n) is 6.62. The Hall–Kier alpha value is -3.13. The molecule has 0 unspecified atom stereocenters. The van der Waals surface area contributed by atoms with E-state index in [4.69, 9.17) is 0 Å². The summed E-state index contributed by atoms with van der Waals surface area (Å²) in [5.41, 5.74) is 2.34. The molecular weight excluding hydrogens is 374 g/mol. The van der Waals surface area contributed by atoms with Gasteiger partial charge >= 0.3 is 0 Å². The predicted octanol–water partition coefficient (Wildman–Crippen LogP) is 2.41. The van der Waals surface area contributed by atoms with Gasteiger partial charge in [0.25, 0.3) is 10.0 Å². The highest BCUT2D eigenvalue weighted by Gasteiger charge is 2.20. The molecule has 3 aromatic rings. The number of hydrogen-bond acceptors (Lipinski definition) is 6. The fourth-order valence-electron chi connectivity index (χ4n) is 3.11. The van der Waals surface area contributed by atoms with Crippen LogP contribution >= 0.6 is 0 Å². The Morgan fingerprint density at radius 1 is 1.18 bits per heavy atom. The molecule has 4 rings (SSSR count). The van der Waals surface area contributed by atoms with E-state index in [-0.39, 0.29) is 4.90 Å². The smallest absolute Gasteiger partial charge is 0.268 e. The number of benzene rings is 2. The average molecular weight is 395 g/mol. The van der Waals surface area contributed by atoms with Crippen LogP contribution in [0.2, 0.25) is 0 Å². The summed E-state index contributed by atoms with van der Waals surface area (Å²) in [7, 11) is -1.91. The first-order valence-electron chi connectivity index (χ1n) is 8.95. The van der Waals surface area contributed by atoms with Crippen LogP contribution < -0.4 is 5.32 Å². The molecule has 0 spiro atoms. The summed E-state index contributed by atoms with van der Waals surface area (Å²) in [5, 5.41) is 10.0. The van der Waals surface area contributed by atoms with Crippen molar-refractivity contribution >= 4 is 33.1 Å². The van der Waals surface area contributed by atoms with Gasteiger partial charge in [0.1, 0.15) is 0 Å². The van der Waals surface area contributed by atoms with Crippen LogP contribution in [-0.4, -0.2) is 49.7 Å². The molecule has 0 radical (unpaired) electrons. The van der Waals surface area contributed by atoms with E-state index in [0.717, 1.165) is 29.6 Å². The van der Waals surface area contributed by atoms with Crippen LogP contribution in [0.1, 0.15) is 11.1 Å². The molecule has 0 amide bonds. The minimum absolute atomic E-state index is 0.254. The van der Waals surface area contributed by atoms with E-state index >= 15 is 0 Å². The van der Waals surface area contributed by atoms with Crippen LogP contribution in [-0.2, 0) is 10.0 Å². The summed E-state index contributed by atoms with van der Waals surface area (Å²) < 4.78 is 27.7. The van der Waals surface area contributed by atoms with E-state index in [1.54, 1.807) is 54.8 Å². The highest BCUT2D eigenvalue weighted by atomic mass is 32.2. The average Bonchev–Trinajstić information content (AvgIpc) is 3.35. The first kappa shape index (κ1) is 18.2. The number of hydrogen-bond donors (Lipinski definition) is 1. The molecule has 1 aliphatic heterocycles. The topological polar surface area (TPSA) is 79.1 Å². The van der Waals surface area contributed by atoms with Crippen molar-refractivity contribution in [3.63, 3.8) is 0 Å². The number of nitrogens with zero attached hydrogens (tertiary/aromatic N) is 4. The number of rotatable bonds is 4. The lowest BCUT2D eigenvalue weighted by Gasteiger charge is -2.11. The zero-order chi connectivity index (χ0) is 19.7. The van der Waals surface area contributed by atoms with Crippen molar-refractivity contribution in [1.82, 2.24) is 14.3 Å². The van der Waals surface area contributed by atoms with Crippen molar-refractivity contribution in [2.24, 2.45) is 10.1 Å².